The molecule has 2 N–H and O–H groups in total. The molecule has 0 spiro atoms. The second-order valence-corrected chi connectivity index (χ2v) is 11.8. The van der Waals surface area contributed by atoms with Crippen molar-refractivity contribution in [3.8, 4) is 11.1 Å². The molecule has 0 radical (unpaired) electrons. The van der Waals surface area contributed by atoms with E-state index in [1.54, 1.807) is 6.07 Å². The van der Waals surface area contributed by atoms with Crippen molar-refractivity contribution < 1.29 is 13.9 Å². The number of ether oxygens (including phenoxy) is 1. The van der Waals surface area contributed by atoms with Gasteiger partial charge in [-0.15, -0.1) is 0 Å². The summed E-state index contributed by atoms with van der Waals surface area (Å²) in [5, 5.41) is 2.90. The zero-order valence-electron chi connectivity index (χ0n) is 25.3. The van der Waals surface area contributed by atoms with Gasteiger partial charge in [0.15, 0.2) is 5.82 Å². The number of pyridine rings is 1. The fraction of sp³-hybridized carbons (Fsp3) is 0.471. The molecule has 2 aliphatic rings. The van der Waals surface area contributed by atoms with Gasteiger partial charge in [-0.25, -0.2) is 4.39 Å². The third-order valence-corrected chi connectivity index (χ3v) is 8.62. The first-order valence-electron chi connectivity index (χ1n) is 15.2. The molecule has 2 heterocycles. The number of aromatic amines is 1. The van der Waals surface area contributed by atoms with Crippen LogP contribution in [0, 0.1) is 12.7 Å². The lowest BCUT2D eigenvalue weighted by atomic mass is 9.88. The van der Waals surface area contributed by atoms with E-state index in [2.05, 4.69) is 32.2 Å². The molecule has 5 rings (SSSR count). The van der Waals surface area contributed by atoms with Gasteiger partial charge in [0.25, 0.3) is 11.5 Å². The Bertz CT molecular complexity index is 1490. The van der Waals surface area contributed by atoms with E-state index < -0.39 is 11.7 Å². The van der Waals surface area contributed by atoms with Crippen LogP contribution >= 0.6 is 0 Å². The lowest BCUT2D eigenvalue weighted by Crippen LogP contribution is -2.40. The van der Waals surface area contributed by atoms with Crippen molar-refractivity contribution in [2.24, 2.45) is 0 Å². The number of halogens is 1. The van der Waals surface area contributed by atoms with E-state index in [0.29, 0.717) is 31.0 Å². The summed E-state index contributed by atoms with van der Waals surface area (Å²) < 4.78 is 22.0. The fourth-order valence-electron chi connectivity index (χ4n) is 6.55. The molecule has 42 heavy (non-hydrogen) atoms. The minimum atomic E-state index is -0.533. The van der Waals surface area contributed by atoms with E-state index in [1.165, 1.54) is 5.56 Å². The van der Waals surface area contributed by atoms with Gasteiger partial charge in [0, 0.05) is 50.1 Å². The maximum absolute atomic E-state index is 16.4. The summed E-state index contributed by atoms with van der Waals surface area (Å²) in [6.45, 7) is 6.67. The van der Waals surface area contributed by atoms with Gasteiger partial charge in [-0.1, -0.05) is 18.2 Å². The van der Waals surface area contributed by atoms with Crippen LogP contribution in [-0.4, -0.2) is 55.7 Å². The van der Waals surface area contributed by atoms with Crippen LogP contribution in [0.4, 0.5) is 10.1 Å². The topological polar surface area (TPSA) is 77.7 Å². The lowest BCUT2D eigenvalue weighted by Gasteiger charge is -2.36. The van der Waals surface area contributed by atoms with Gasteiger partial charge < -0.3 is 24.8 Å². The van der Waals surface area contributed by atoms with Crippen molar-refractivity contribution in [1.29, 1.82) is 0 Å². The first-order valence-corrected chi connectivity index (χ1v) is 15.2. The molecule has 1 aliphatic heterocycles. The average molecular weight is 575 g/mol. The van der Waals surface area contributed by atoms with E-state index in [-0.39, 0.29) is 23.7 Å². The minimum absolute atomic E-state index is 0.0107. The minimum Gasteiger partial charge on any atom is -0.381 e. The van der Waals surface area contributed by atoms with Gasteiger partial charge >= 0.3 is 0 Å². The first kappa shape index (κ1) is 30.0. The molecule has 1 aromatic heterocycles. The average Bonchev–Trinajstić information content (AvgIpc) is 2.98. The number of rotatable bonds is 9. The molecule has 0 saturated carbocycles. The van der Waals surface area contributed by atoms with E-state index >= 15 is 4.39 Å². The van der Waals surface area contributed by atoms with E-state index in [0.717, 1.165) is 73.0 Å². The maximum atomic E-state index is 16.4. The molecule has 1 fully saturated rings. The van der Waals surface area contributed by atoms with Gasteiger partial charge in [0.1, 0.15) is 0 Å². The van der Waals surface area contributed by atoms with Gasteiger partial charge in [0.05, 0.1) is 11.3 Å². The van der Waals surface area contributed by atoms with Crippen molar-refractivity contribution in [3.63, 3.8) is 0 Å². The van der Waals surface area contributed by atoms with Gasteiger partial charge in [-0.2, -0.15) is 0 Å². The Kier molecular flexibility index (Phi) is 9.43. The van der Waals surface area contributed by atoms with Crippen LogP contribution in [0.25, 0.3) is 11.1 Å². The monoisotopic (exact) mass is 574 g/mol. The zero-order chi connectivity index (χ0) is 29.8. The van der Waals surface area contributed by atoms with Gasteiger partial charge in [0.2, 0.25) is 0 Å². The molecule has 7 nitrogen and oxygen atoms in total. The van der Waals surface area contributed by atoms with Crippen LogP contribution in [-0.2, 0) is 30.7 Å². The highest BCUT2D eigenvalue weighted by molar-refractivity contribution is 5.97. The summed E-state index contributed by atoms with van der Waals surface area (Å²) in [6.07, 6.45) is 5.45. The third kappa shape index (κ3) is 6.45. The predicted octanol–water partition coefficient (Wildman–Crippen LogP) is 5.37. The molecule has 8 heteroatoms. The molecule has 1 aliphatic carbocycles. The Morgan fingerprint density at radius 1 is 1.07 bits per heavy atom. The smallest absolute Gasteiger partial charge is 0.254 e. The second-order valence-electron chi connectivity index (χ2n) is 11.8. The number of nitrogens with zero attached hydrogens (tertiary/aromatic N) is 2. The highest BCUT2D eigenvalue weighted by Crippen LogP contribution is 2.34. The Morgan fingerprint density at radius 2 is 1.81 bits per heavy atom. The predicted molar refractivity (Wildman–Crippen MR) is 166 cm³/mol. The normalized spacial score (nSPS) is 15.5. The molecule has 0 unspecified atom stereocenters. The number of H-pyrrole nitrogens is 1. The summed E-state index contributed by atoms with van der Waals surface area (Å²) in [7, 11) is 4.04. The Hall–Kier alpha value is -3.49. The maximum Gasteiger partial charge on any atom is 0.254 e. The molecule has 1 saturated heterocycles. The fourth-order valence-corrected chi connectivity index (χ4v) is 6.55. The van der Waals surface area contributed by atoms with Crippen LogP contribution in [0.3, 0.4) is 0 Å². The number of aromatic nitrogens is 1. The molecule has 0 bridgehead atoms. The quantitative estimate of drug-likeness (QED) is 0.360. The van der Waals surface area contributed by atoms with Crippen LogP contribution in [0.15, 0.2) is 41.2 Å². The second kappa shape index (κ2) is 13.2. The Labute approximate surface area is 248 Å². The van der Waals surface area contributed by atoms with E-state index in [1.807, 2.05) is 46.1 Å². The van der Waals surface area contributed by atoms with E-state index in [9.17, 15) is 9.59 Å². The van der Waals surface area contributed by atoms with Crippen molar-refractivity contribution in [3.05, 3.63) is 86.1 Å². The highest BCUT2D eigenvalue weighted by atomic mass is 19.1. The summed E-state index contributed by atoms with van der Waals surface area (Å²) in [6, 6.07) is 11.8. The van der Waals surface area contributed by atoms with Crippen LogP contribution in [0.2, 0.25) is 0 Å². The summed E-state index contributed by atoms with van der Waals surface area (Å²) in [4.78, 5) is 33.8. The van der Waals surface area contributed by atoms with Crippen molar-refractivity contribution in [2.75, 3.05) is 38.8 Å². The van der Waals surface area contributed by atoms with Gasteiger partial charge in [-0.3, -0.25) is 9.59 Å². The number of anilines is 1. The standard InChI is InChI=1S/C34H43FN4O3/c1-5-39(26-13-15-42-16-14-26)31-19-25(24-10-8-9-23(17-24)21-38(3)4)18-29(32(31)35)33(40)36-20-30-28-12-7-6-11-27(28)22(2)37-34(30)41/h8-10,17-19,26H,5-7,11-16,20-21H2,1-4H3,(H,36,40)(H,37,41). The summed E-state index contributed by atoms with van der Waals surface area (Å²) >= 11 is 0. The number of carbonyl (C=O) groups excluding carboxylic acids is 1. The number of benzene rings is 2. The molecule has 2 aromatic carbocycles. The Balaban J connectivity index is 1.53. The van der Waals surface area contributed by atoms with Crippen molar-refractivity contribution in [2.45, 2.75) is 71.5 Å². The molecule has 3 aromatic rings. The molecular formula is C34H43FN4O3. The SMILES string of the molecule is CCN(c1cc(-c2cccc(CN(C)C)c2)cc(C(=O)NCc2c3c(c(C)[nH]c2=O)CCCC3)c1F)C1CCOCC1. The van der Waals surface area contributed by atoms with Crippen LogP contribution < -0.4 is 15.8 Å². The largest absolute Gasteiger partial charge is 0.381 e. The molecular weight excluding hydrogens is 531 g/mol. The third-order valence-electron chi connectivity index (χ3n) is 8.62. The molecule has 1 amide bonds. The molecule has 0 atom stereocenters. The Morgan fingerprint density at radius 3 is 2.52 bits per heavy atom. The first-order chi connectivity index (χ1) is 20.3. The highest BCUT2D eigenvalue weighted by Gasteiger charge is 2.27. The van der Waals surface area contributed by atoms with Crippen molar-refractivity contribution >= 4 is 11.6 Å². The number of hydrogen-bond acceptors (Lipinski definition) is 5. The summed E-state index contributed by atoms with van der Waals surface area (Å²) in [5.74, 6) is -1.05. The zero-order valence-corrected chi connectivity index (χ0v) is 25.3. The number of fused-ring (bicyclic) bond motifs is 1. The van der Waals surface area contributed by atoms with Gasteiger partial charge in [-0.05, 0) is 112 Å². The van der Waals surface area contributed by atoms with E-state index in [4.69, 9.17) is 4.74 Å². The molecule has 224 valence electrons. The summed E-state index contributed by atoms with van der Waals surface area (Å²) in [5.41, 5.74) is 6.77. The van der Waals surface area contributed by atoms with Crippen LogP contribution in [0.5, 0.6) is 0 Å². The number of carbonyl (C=O) groups is 1. The van der Waals surface area contributed by atoms with Crippen molar-refractivity contribution in [1.82, 2.24) is 15.2 Å². The number of aryl methyl sites for hydroxylation is 1. The number of nitrogens with one attached hydrogen (secondary N) is 2. The van der Waals surface area contributed by atoms with Crippen LogP contribution in [0.1, 0.15) is 70.9 Å². The number of hydrogen-bond donors (Lipinski definition) is 2. The lowest BCUT2D eigenvalue weighted by molar-refractivity contribution is 0.0844. The number of amides is 1.